The molecular formula is C17H21N3O2S. The van der Waals surface area contributed by atoms with Crippen molar-refractivity contribution in [1.29, 1.82) is 0 Å². The Hall–Kier alpha value is -1.53. The van der Waals surface area contributed by atoms with Gasteiger partial charge in [0, 0.05) is 17.8 Å². The van der Waals surface area contributed by atoms with E-state index in [0.29, 0.717) is 25.7 Å². The van der Waals surface area contributed by atoms with Crippen LogP contribution in [-0.4, -0.2) is 46.6 Å². The van der Waals surface area contributed by atoms with E-state index in [9.17, 15) is 4.79 Å². The molecule has 1 amide bonds. The zero-order valence-electron chi connectivity index (χ0n) is 13.8. The van der Waals surface area contributed by atoms with Gasteiger partial charge in [-0.3, -0.25) is 4.79 Å². The Morgan fingerprint density at radius 3 is 2.78 bits per heavy atom. The number of hydrogen-bond donors (Lipinski definition) is 0. The lowest BCUT2D eigenvalue weighted by molar-refractivity contribution is 0.00384. The number of carbonyl (C=O) groups excluding carboxylic acids is 1. The van der Waals surface area contributed by atoms with Gasteiger partial charge in [-0.05, 0) is 39.2 Å². The fourth-order valence-electron chi connectivity index (χ4n) is 3.25. The van der Waals surface area contributed by atoms with E-state index in [1.807, 2.05) is 25.7 Å². The molecule has 2 aliphatic rings. The van der Waals surface area contributed by atoms with E-state index >= 15 is 0 Å². The summed E-state index contributed by atoms with van der Waals surface area (Å²) in [5.74, 6) is 1.59. The van der Waals surface area contributed by atoms with Crippen LogP contribution in [0, 0.1) is 13.8 Å². The summed E-state index contributed by atoms with van der Waals surface area (Å²) in [4.78, 5) is 26.1. The first-order valence-corrected chi connectivity index (χ1v) is 9.04. The van der Waals surface area contributed by atoms with E-state index in [1.54, 1.807) is 0 Å². The Morgan fingerprint density at radius 2 is 2.09 bits per heavy atom. The summed E-state index contributed by atoms with van der Waals surface area (Å²) in [5, 5.41) is 1.06. The van der Waals surface area contributed by atoms with E-state index in [4.69, 9.17) is 9.72 Å². The van der Waals surface area contributed by atoms with Gasteiger partial charge < -0.3 is 9.64 Å². The normalized spacial score (nSPS) is 21.9. The molecule has 0 bridgehead atoms. The molecule has 2 aromatic rings. The molecule has 5 nitrogen and oxygen atoms in total. The SMILES string of the molecule is Cc1nc(C2CC2)nc2sc(C(=O)N3CCOC[C@H]3C)c(C)c12. The third-order valence-electron chi connectivity index (χ3n) is 4.75. The molecule has 23 heavy (non-hydrogen) atoms. The van der Waals surface area contributed by atoms with Gasteiger partial charge >= 0.3 is 0 Å². The lowest BCUT2D eigenvalue weighted by atomic mass is 10.1. The Morgan fingerprint density at radius 1 is 1.30 bits per heavy atom. The Kier molecular flexibility index (Phi) is 3.61. The maximum Gasteiger partial charge on any atom is 0.264 e. The summed E-state index contributed by atoms with van der Waals surface area (Å²) >= 11 is 1.52. The van der Waals surface area contributed by atoms with Gasteiger partial charge in [0.1, 0.15) is 10.7 Å². The smallest absolute Gasteiger partial charge is 0.264 e. The number of aromatic nitrogens is 2. The first-order valence-electron chi connectivity index (χ1n) is 8.22. The summed E-state index contributed by atoms with van der Waals surface area (Å²) in [5.41, 5.74) is 2.02. The van der Waals surface area contributed by atoms with Crippen LogP contribution in [0.25, 0.3) is 10.2 Å². The Balaban J connectivity index is 1.76. The van der Waals surface area contributed by atoms with E-state index in [1.165, 1.54) is 24.2 Å². The summed E-state index contributed by atoms with van der Waals surface area (Å²) in [6.07, 6.45) is 2.37. The van der Waals surface area contributed by atoms with Crippen LogP contribution in [0.1, 0.15) is 52.4 Å². The second kappa shape index (κ2) is 5.53. The van der Waals surface area contributed by atoms with Crippen LogP contribution in [0.15, 0.2) is 0 Å². The molecule has 1 aliphatic carbocycles. The van der Waals surface area contributed by atoms with Gasteiger partial charge in [-0.2, -0.15) is 0 Å². The molecule has 0 N–H and O–H groups in total. The fourth-order valence-corrected chi connectivity index (χ4v) is 4.44. The number of aryl methyl sites for hydroxylation is 2. The highest BCUT2D eigenvalue weighted by Crippen LogP contribution is 2.40. The molecule has 2 aromatic heterocycles. The standard InChI is InChI=1S/C17H21N3O2S/c1-9-8-22-7-6-20(9)17(21)14-10(2)13-11(3)18-15(12-4-5-12)19-16(13)23-14/h9,12H,4-8H2,1-3H3/t9-/m1/s1. The quantitative estimate of drug-likeness (QED) is 0.849. The molecule has 1 saturated carbocycles. The Bertz CT molecular complexity index is 782. The van der Waals surface area contributed by atoms with Crippen molar-refractivity contribution in [3.05, 3.63) is 22.0 Å². The average Bonchev–Trinajstić information content (AvgIpc) is 3.31. The number of morpholine rings is 1. The van der Waals surface area contributed by atoms with Crippen LogP contribution in [0.4, 0.5) is 0 Å². The van der Waals surface area contributed by atoms with E-state index in [0.717, 1.165) is 32.2 Å². The van der Waals surface area contributed by atoms with Crippen LogP contribution in [-0.2, 0) is 4.74 Å². The zero-order valence-corrected chi connectivity index (χ0v) is 14.6. The minimum absolute atomic E-state index is 0.105. The van der Waals surface area contributed by atoms with Crippen molar-refractivity contribution in [1.82, 2.24) is 14.9 Å². The van der Waals surface area contributed by atoms with E-state index < -0.39 is 0 Å². The summed E-state index contributed by atoms with van der Waals surface area (Å²) < 4.78 is 5.44. The summed E-state index contributed by atoms with van der Waals surface area (Å²) in [6, 6.07) is 0.120. The molecule has 0 spiro atoms. The van der Waals surface area contributed by atoms with Gasteiger partial charge in [0.25, 0.3) is 5.91 Å². The van der Waals surface area contributed by atoms with Crippen molar-refractivity contribution in [2.45, 2.75) is 45.6 Å². The second-order valence-electron chi connectivity index (χ2n) is 6.60. The van der Waals surface area contributed by atoms with Crippen LogP contribution in [0.5, 0.6) is 0 Å². The number of hydrogen-bond acceptors (Lipinski definition) is 5. The first-order chi connectivity index (χ1) is 11.1. The molecule has 0 radical (unpaired) electrons. The minimum Gasteiger partial charge on any atom is -0.377 e. The maximum absolute atomic E-state index is 13.0. The van der Waals surface area contributed by atoms with Crippen molar-refractivity contribution in [3.63, 3.8) is 0 Å². The second-order valence-corrected chi connectivity index (χ2v) is 7.60. The van der Waals surface area contributed by atoms with Crippen molar-refractivity contribution >= 4 is 27.5 Å². The first kappa shape index (κ1) is 15.0. The molecule has 6 heteroatoms. The van der Waals surface area contributed by atoms with E-state index in [-0.39, 0.29) is 11.9 Å². The predicted molar refractivity (Wildman–Crippen MR) is 90.2 cm³/mol. The van der Waals surface area contributed by atoms with Crippen LogP contribution >= 0.6 is 11.3 Å². The average molecular weight is 331 g/mol. The number of nitrogens with zero attached hydrogens (tertiary/aromatic N) is 3. The molecule has 3 heterocycles. The molecule has 0 unspecified atom stereocenters. The molecule has 1 saturated heterocycles. The van der Waals surface area contributed by atoms with E-state index in [2.05, 4.69) is 4.98 Å². The highest BCUT2D eigenvalue weighted by atomic mass is 32.1. The molecule has 0 aromatic carbocycles. The van der Waals surface area contributed by atoms with Crippen LogP contribution in [0.3, 0.4) is 0 Å². The number of rotatable bonds is 2. The third-order valence-corrected chi connectivity index (χ3v) is 5.93. The molecule has 4 rings (SSSR count). The van der Waals surface area contributed by atoms with Crippen LogP contribution in [0.2, 0.25) is 0 Å². The lowest BCUT2D eigenvalue weighted by Crippen LogP contribution is -2.47. The van der Waals surface area contributed by atoms with Crippen LogP contribution < -0.4 is 0 Å². The number of carbonyl (C=O) groups is 1. The largest absolute Gasteiger partial charge is 0.377 e. The molecular weight excluding hydrogens is 310 g/mol. The van der Waals surface area contributed by atoms with Crippen molar-refractivity contribution < 1.29 is 9.53 Å². The third kappa shape index (κ3) is 2.54. The highest BCUT2D eigenvalue weighted by Gasteiger charge is 2.30. The maximum atomic E-state index is 13.0. The number of fused-ring (bicyclic) bond motifs is 1. The monoisotopic (exact) mass is 331 g/mol. The minimum atomic E-state index is 0.105. The molecule has 2 fully saturated rings. The topological polar surface area (TPSA) is 55.3 Å². The van der Waals surface area contributed by atoms with Gasteiger partial charge in [0.05, 0.1) is 29.8 Å². The van der Waals surface area contributed by atoms with Crippen molar-refractivity contribution in [2.75, 3.05) is 19.8 Å². The summed E-state index contributed by atoms with van der Waals surface area (Å²) in [6.45, 7) is 7.97. The number of ether oxygens (including phenoxy) is 1. The van der Waals surface area contributed by atoms with Gasteiger partial charge in [-0.1, -0.05) is 0 Å². The van der Waals surface area contributed by atoms with Crippen molar-refractivity contribution in [3.8, 4) is 0 Å². The lowest BCUT2D eigenvalue weighted by Gasteiger charge is -2.33. The van der Waals surface area contributed by atoms with Gasteiger partial charge in [0.15, 0.2) is 0 Å². The Labute approximate surface area is 139 Å². The van der Waals surface area contributed by atoms with Crippen molar-refractivity contribution in [2.24, 2.45) is 0 Å². The van der Waals surface area contributed by atoms with Gasteiger partial charge in [-0.15, -0.1) is 11.3 Å². The molecule has 1 atom stereocenters. The molecule has 122 valence electrons. The zero-order chi connectivity index (χ0) is 16.1. The highest BCUT2D eigenvalue weighted by molar-refractivity contribution is 7.20. The summed E-state index contributed by atoms with van der Waals surface area (Å²) in [7, 11) is 0. The molecule has 1 aliphatic heterocycles. The van der Waals surface area contributed by atoms with Gasteiger partial charge in [-0.25, -0.2) is 9.97 Å². The fraction of sp³-hybridized carbons (Fsp3) is 0.588. The number of thiophene rings is 1. The predicted octanol–water partition coefficient (Wildman–Crippen LogP) is 3.05. The van der Waals surface area contributed by atoms with Gasteiger partial charge in [0.2, 0.25) is 0 Å². The number of amides is 1.